The second-order valence-corrected chi connectivity index (χ2v) is 5.60. The minimum Gasteiger partial charge on any atom is -0.383 e. The van der Waals surface area contributed by atoms with E-state index in [4.69, 9.17) is 4.74 Å². The summed E-state index contributed by atoms with van der Waals surface area (Å²) in [6.45, 7) is 9.02. The van der Waals surface area contributed by atoms with E-state index in [1.807, 2.05) is 0 Å². The Hall–Kier alpha value is -0.540. The van der Waals surface area contributed by atoms with Gasteiger partial charge in [0, 0.05) is 23.3 Å². The van der Waals surface area contributed by atoms with Crippen LogP contribution >= 0.6 is 15.9 Å². The van der Waals surface area contributed by atoms with Gasteiger partial charge in [0.2, 0.25) is 0 Å². The average Bonchev–Trinajstić information content (AvgIpc) is 2.25. The quantitative estimate of drug-likeness (QED) is 0.761. The summed E-state index contributed by atoms with van der Waals surface area (Å²) in [7, 11) is 0. The molecular formula is C14H22BrNO. The molecule has 0 aromatic heterocycles. The van der Waals surface area contributed by atoms with Gasteiger partial charge in [-0.2, -0.15) is 0 Å². The highest BCUT2D eigenvalue weighted by Crippen LogP contribution is 2.19. The van der Waals surface area contributed by atoms with Crippen LogP contribution in [0.2, 0.25) is 0 Å². The molecule has 0 radical (unpaired) electrons. The van der Waals surface area contributed by atoms with Crippen LogP contribution in [0.25, 0.3) is 0 Å². The number of ether oxygens (including phenoxy) is 1. The first-order valence-corrected chi connectivity index (χ1v) is 6.96. The van der Waals surface area contributed by atoms with Gasteiger partial charge in [-0.3, -0.25) is 0 Å². The van der Waals surface area contributed by atoms with E-state index in [0.29, 0.717) is 0 Å². The molecule has 96 valence electrons. The van der Waals surface area contributed by atoms with E-state index < -0.39 is 0 Å². The van der Waals surface area contributed by atoms with Crippen molar-refractivity contribution in [2.24, 2.45) is 5.92 Å². The van der Waals surface area contributed by atoms with Crippen molar-refractivity contribution in [3.63, 3.8) is 0 Å². The number of rotatable bonds is 7. The highest BCUT2D eigenvalue weighted by Gasteiger charge is 1.98. The van der Waals surface area contributed by atoms with E-state index in [1.54, 1.807) is 0 Å². The van der Waals surface area contributed by atoms with Crippen molar-refractivity contribution in [3.8, 4) is 0 Å². The lowest BCUT2D eigenvalue weighted by Gasteiger charge is -2.10. The second-order valence-electron chi connectivity index (χ2n) is 4.68. The lowest BCUT2D eigenvalue weighted by molar-refractivity contribution is 0.132. The number of hydrogen-bond donors (Lipinski definition) is 1. The van der Waals surface area contributed by atoms with Gasteiger partial charge in [-0.05, 0) is 43.0 Å². The van der Waals surface area contributed by atoms with E-state index >= 15 is 0 Å². The molecule has 0 unspecified atom stereocenters. The van der Waals surface area contributed by atoms with Crippen LogP contribution in [0.3, 0.4) is 0 Å². The summed E-state index contributed by atoms with van der Waals surface area (Å²) < 4.78 is 6.68. The molecule has 0 saturated carbocycles. The molecular weight excluding hydrogens is 278 g/mol. The van der Waals surface area contributed by atoms with E-state index in [1.165, 1.54) is 11.3 Å². The molecule has 1 aromatic carbocycles. The molecule has 0 bridgehead atoms. The summed E-state index contributed by atoms with van der Waals surface area (Å²) in [4.78, 5) is 0. The molecule has 17 heavy (non-hydrogen) atoms. The van der Waals surface area contributed by atoms with Crippen molar-refractivity contribution in [2.75, 3.05) is 25.1 Å². The van der Waals surface area contributed by atoms with Gasteiger partial charge in [0.15, 0.2) is 0 Å². The summed E-state index contributed by atoms with van der Waals surface area (Å²) in [5.74, 6) is 0.719. The van der Waals surface area contributed by atoms with Gasteiger partial charge in [-0.1, -0.05) is 29.8 Å². The Bertz CT molecular complexity index is 339. The standard InChI is InChI=1S/C14H22BrNO/c1-11(2)6-8-17-9-7-16-14-5-4-13(15)10-12(14)3/h4-5,10-11,16H,6-9H2,1-3H3. The Morgan fingerprint density at radius 2 is 2.06 bits per heavy atom. The fraction of sp³-hybridized carbons (Fsp3) is 0.571. The highest BCUT2D eigenvalue weighted by atomic mass is 79.9. The zero-order valence-corrected chi connectivity index (χ0v) is 12.5. The van der Waals surface area contributed by atoms with Gasteiger partial charge in [0.25, 0.3) is 0 Å². The van der Waals surface area contributed by atoms with Gasteiger partial charge < -0.3 is 10.1 Å². The molecule has 0 amide bonds. The Kier molecular flexibility index (Phi) is 6.60. The van der Waals surface area contributed by atoms with Crippen LogP contribution in [0, 0.1) is 12.8 Å². The fourth-order valence-corrected chi connectivity index (χ4v) is 1.98. The molecule has 0 atom stereocenters. The summed E-state index contributed by atoms with van der Waals surface area (Å²) >= 11 is 3.46. The minimum absolute atomic E-state index is 0.719. The van der Waals surface area contributed by atoms with Crippen LogP contribution in [0.5, 0.6) is 0 Å². The number of benzene rings is 1. The third-order valence-electron chi connectivity index (χ3n) is 2.59. The van der Waals surface area contributed by atoms with Crippen LogP contribution in [0.4, 0.5) is 5.69 Å². The topological polar surface area (TPSA) is 21.3 Å². The fourth-order valence-electron chi connectivity index (χ4n) is 1.50. The maximum Gasteiger partial charge on any atom is 0.0639 e. The second kappa shape index (κ2) is 7.72. The molecule has 0 fully saturated rings. The largest absolute Gasteiger partial charge is 0.383 e. The number of nitrogens with one attached hydrogen (secondary N) is 1. The summed E-state index contributed by atoms with van der Waals surface area (Å²) in [5, 5.41) is 3.38. The zero-order chi connectivity index (χ0) is 12.7. The van der Waals surface area contributed by atoms with Gasteiger partial charge in [-0.25, -0.2) is 0 Å². The molecule has 1 aromatic rings. The Morgan fingerprint density at radius 1 is 1.29 bits per heavy atom. The number of halogens is 1. The maximum atomic E-state index is 5.56. The SMILES string of the molecule is Cc1cc(Br)ccc1NCCOCCC(C)C. The van der Waals surface area contributed by atoms with Gasteiger partial charge >= 0.3 is 0 Å². The minimum atomic E-state index is 0.719. The highest BCUT2D eigenvalue weighted by molar-refractivity contribution is 9.10. The van der Waals surface area contributed by atoms with Crippen LogP contribution in [-0.4, -0.2) is 19.8 Å². The first-order valence-electron chi connectivity index (χ1n) is 6.17. The lowest BCUT2D eigenvalue weighted by atomic mass is 10.1. The first kappa shape index (κ1) is 14.5. The van der Waals surface area contributed by atoms with E-state index in [2.05, 4.69) is 60.2 Å². The number of anilines is 1. The van der Waals surface area contributed by atoms with Crippen molar-refractivity contribution in [1.82, 2.24) is 0 Å². The van der Waals surface area contributed by atoms with Crippen molar-refractivity contribution < 1.29 is 4.74 Å². The molecule has 0 aliphatic carbocycles. The molecule has 1 rings (SSSR count). The van der Waals surface area contributed by atoms with Crippen molar-refractivity contribution >= 4 is 21.6 Å². The summed E-state index contributed by atoms with van der Waals surface area (Å²) in [5.41, 5.74) is 2.43. The Labute approximate surface area is 113 Å². The first-order chi connectivity index (χ1) is 8.09. The molecule has 0 aliphatic heterocycles. The number of hydrogen-bond acceptors (Lipinski definition) is 2. The van der Waals surface area contributed by atoms with Gasteiger partial charge in [0.1, 0.15) is 0 Å². The van der Waals surface area contributed by atoms with E-state index in [0.717, 1.165) is 36.6 Å². The lowest BCUT2D eigenvalue weighted by Crippen LogP contribution is -2.11. The normalized spacial score (nSPS) is 10.9. The molecule has 2 nitrogen and oxygen atoms in total. The molecule has 0 saturated heterocycles. The molecule has 0 aliphatic rings. The van der Waals surface area contributed by atoms with E-state index in [9.17, 15) is 0 Å². The smallest absolute Gasteiger partial charge is 0.0639 e. The zero-order valence-electron chi connectivity index (χ0n) is 10.9. The predicted octanol–water partition coefficient (Wildman–Crippen LogP) is 4.23. The Balaban J connectivity index is 2.18. The van der Waals surface area contributed by atoms with Crippen LogP contribution < -0.4 is 5.32 Å². The van der Waals surface area contributed by atoms with Gasteiger partial charge in [-0.15, -0.1) is 0 Å². The van der Waals surface area contributed by atoms with Crippen LogP contribution in [-0.2, 0) is 4.74 Å². The third kappa shape index (κ3) is 6.08. The van der Waals surface area contributed by atoms with Crippen LogP contribution in [0.15, 0.2) is 22.7 Å². The van der Waals surface area contributed by atoms with Gasteiger partial charge in [0.05, 0.1) is 6.61 Å². The predicted molar refractivity (Wildman–Crippen MR) is 77.6 cm³/mol. The molecule has 0 spiro atoms. The van der Waals surface area contributed by atoms with Crippen molar-refractivity contribution in [3.05, 3.63) is 28.2 Å². The molecule has 3 heteroatoms. The Morgan fingerprint density at radius 3 is 2.71 bits per heavy atom. The third-order valence-corrected chi connectivity index (χ3v) is 3.08. The summed E-state index contributed by atoms with van der Waals surface area (Å²) in [6, 6.07) is 6.25. The van der Waals surface area contributed by atoms with Crippen molar-refractivity contribution in [2.45, 2.75) is 27.2 Å². The number of aryl methyl sites for hydroxylation is 1. The summed E-state index contributed by atoms with van der Waals surface area (Å²) in [6.07, 6.45) is 1.14. The van der Waals surface area contributed by atoms with E-state index in [-0.39, 0.29) is 0 Å². The van der Waals surface area contributed by atoms with Crippen molar-refractivity contribution in [1.29, 1.82) is 0 Å². The monoisotopic (exact) mass is 299 g/mol. The maximum absolute atomic E-state index is 5.56. The molecule has 0 heterocycles. The average molecular weight is 300 g/mol. The van der Waals surface area contributed by atoms with Crippen LogP contribution in [0.1, 0.15) is 25.8 Å². The molecule has 1 N–H and O–H groups in total.